The second-order valence-corrected chi connectivity index (χ2v) is 7.51. The number of pyridine rings is 1. The molecule has 140 valence electrons. The Morgan fingerprint density at radius 2 is 1.81 bits per heavy atom. The fourth-order valence-corrected chi connectivity index (χ4v) is 4.02. The van der Waals surface area contributed by atoms with Crippen LogP contribution in [0.15, 0.2) is 48.7 Å². The van der Waals surface area contributed by atoms with E-state index in [4.69, 9.17) is 0 Å². The van der Waals surface area contributed by atoms with Crippen LogP contribution in [0.5, 0.6) is 0 Å². The zero-order valence-corrected chi connectivity index (χ0v) is 15.5. The molecule has 2 aromatic rings. The molecule has 3 heterocycles. The first kappa shape index (κ1) is 17.7. The molecule has 2 amide bonds. The standard InChI is InChI=1S/C22H25N3O2/c26-21-14-17(16-25(21)20-7-3-1-4-8-20)13-19-10-9-18(15-23-19)22(27)24-11-5-2-6-12-24/h1,3-4,7-10,15,17H,2,5-6,11-14,16H2/t17-/m1/s1. The van der Waals surface area contributed by atoms with Crippen molar-refractivity contribution in [1.82, 2.24) is 9.88 Å². The van der Waals surface area contributed by atoms with E-state index in [0.717, 1.165) is 50.3 Å². The molecular formula is C22H25N3O2. The second kappa shape index (κ2) is 7.91. The van der Waals surface area contributed by atoms with Gasteiger partial charge in [-0.1, -0.05) is 18.2 Å². The molecular weight excluding hydrogens is 338 g/mol. The van der Waals surface area contributed by atoms with Gasteiger partial charge in [-0.3, -0.25) is 14.6 Å². The summed E-state index contributed by atoms with van der Waals surface area (Å²) in [6, 6.07) is 13.6. The third kappa shape index (κ3) is 4.02. The highest BCUT2D eigenvalue weighted by atomic mass is 16.2. The number of likely N-dealkylation sites (tertiary alicyclic amines) is 1. The number of carbonyl (C=O) groups is 2. The van der Waals surface area contributed by atoms with Gasteiger partial charge in [0.25, 0.3) is 5.91 Å². The quantitative estimate of drug-likeness (QED) is 0.837. The van der Waals surface area contributed by atoms with Gasteiger partial charge in [-0.15, -0.1) is 0 Å². The number of hydrogen-bond donors (Lipinski definition) is 0. The molecule has 27 heavy (non-hydrogen) atoms. The zero-order valence-electron chi connectivity index (χ0n) is 15.5. The number of benzene rings is 1. The number of aromatic nitrogens is 1. The number of amides is 2. The Morgan fingerprint density at radius 3 is 2.52 bits per heavy atom. The largest absolute Gasteiger partial charge is 0.339 e. The maximum Gasteiger partial charge on any atom is 0.255 e. The molecule has 2 saturated heterocycles. The first-order valence-electron chi connectivity index (χ1n) is 9.80. The first-order chi connectivity index (χ1) is 13.2. The van der Waals surface area contributed by atoms with Gasteiger partial charge in [0.2, 0.25) is 5.91 Å². The summed E-state index contributed by atoms with van der Waals surface area (Å²) in [4.78, 5) is 33.2. The number of anilines is 1. The molecule has 0 aliphatic carbocycles. The van der Waals surface area contributed by atoms with Crippen LogP contribution in [0.1, 0.15) is 41.7 Å². The van der Waals surface area contributed by atoms with Crippen LogP contribution in [-0.2, 0) is 11.2 Å². The molecule has 0 bridgehead atoms. The number of para-hydroxylation sites is 1. The van der Waals surface area contributed by atoms with E-state index in [9.17, 15) is 9.59 Å². The zero-order chi connectivity index (χ0) is 18.6. The van der Waals surface area contributed by atoms with Crippen molar-refractivity contribution >= 4 is 17.5 Å². The molecule has 2 aliphatic heterocycles. The highest BCUT2D eigenvalue weighted by molar-refractivity contribution is 5.95. The van der Waals surface area contributed by atoms with Gasteiger partial charge in [0.15, 0.2) is 0 Å². The minimum absolute atomic E-state index is 0.0834. The van der Waals surface area contributed by atoms with Crippen molar-refractivity contribution in [2.75, 3.05) is 24.5 Å². The van der Waals surface area contributed by atoms with Crippen molar-refractivity contribution in [3.05, 3.63) is 59.9 Å². The van der Waals surface area contributed by atoms with Gasteiger partial charge >= 0.3 is 0 Å². The molecule has 2 aliphatic rings. The number of nitrogens with zero attached hydrogens (tertiary/aromatic N) is 3. The van der Waals surface area contributed by atoms with E-state index in [0.29, 0.717) is 12.0 Å². The summed E-state index contributed by atoms with van der Waals surface area (Å²) in [5.41, 5.74) is 2.56. The maximum atomic E-state index is 12.5. The van der Waals surface area contributed by atoms with Crippen molar-refractivity contribution < 1.29 is 9.59 Å². The van der Waals surface area contributed by atoms with Gasteiger partial charge in [-0.05, 0) is 55.9 Å². The third-order valence-corrected chi connectivity index (χ3v) is 5.49. The molecule has 0 saturated carbocycles. The van der Waals surface area contributed by atoms with Gasteiger partial charge in [0, 0.05) is 43.6 Å². The normalized spacial score (nSPS) is 20.1. The van der Waals surface area contributed by atoms with E-state index >= 15 is 0 Å². The molecule has 1 aromatic heterocycles. The Morgan fingerprint density at radius 1 is 1.04 bits per heavy atom. The van der Waals surface area contributed by atoms with Gasteiger partial charge in [-0.2, -0.15) is 0 Å². The van der Waals surface area contributed by atoms with Crippen molar-refractivity contribution in [2.45, 2.75) is 32.1 Å². The summed E-state index contributed by atoms with van der Waals surface area (Å²) in [5, 5.41) is 0. The van der Waals surface area contributed by atoms with Crippen LogP contribution >= 0.6 is 0 Å². The molecule has 0 unspecified atom stereocenters. The minimum atomic E-state index is 0.0834. The Balaban J connectivity index is 1.37. The van der Waals surface area contributed by atoms with Crippen LogP contribution in [0.4, 0.5) is 5.69 Å². The van der Waals surface area contributed by atoms with Gasteiger partial charge in [-0.25, -0.2) is 0 Å². The van der Waals surface area contributed by atoms with Crippen LogP contribution in [0, 0.1) is 5.92 Å². The fourth-order valence-electron chi connectivity index (χ4n) is 4.02. The lowest BCUT2D eigenvalue weighted by atomic mass is 10.0. The average molecular weight is 363 g/mol. The molecule has 5 heteroatoms. The molecule has 1 atom stereocenters. The summed E-state index contributed by atoms with van der Waals surface area (Å²) in [6.07, 6.45) is 6.38. The molecule has 5 nitrogen and oxygen atoms in total. The van der Waals surface area contributed by atoms with E-state index in [2.05, 4.69) is 4.98 Å². The lowest BCUT2D eigenvalue weighted by molar-refractivity contribution is -0.117. The second-order valence-electron chi connectivity index (χ2n) is 7.51. The maximum absolute atomic E-state index is 12.5. The summed E-state index contributed by atoms with van der Waals surface area (Å²) in [7, 11) is 0. The lowest BCUT2D eigenvalue weighted by Gasteiger charge is -2.26. The van der Waals surface area contributed by atoms with E-state index in [1.807, 2.05) is 52.3 Å². The highest BCUT2D eigenvalue weighted by Gasteiger charge is 2.30. The van der Waals surface area contributed by atoms with E-state index in [1.54, 1.807) is 6.20 Å². The predicted molar refractivity (Wildman–Crippen MR) is 105 cm³/mol. The summed E-state index contributed by atoms with van der Waals surface area (Å²) in [5.74, 6) is 0.511. The molecule has 4 rings (SSSR count). The van der Waals surface area contributed by atoms with Gasteiger partial charge < -0.3 is 9.80 Å². The summed E-state index contributed by atoms with van der Waals surface area (Å²) < 4.78 is 0. The van der Waals surface area contributed by atoms with Gasteiger partial charge in [0.1, 0.15) is 0 Å². The Hall–Kier alpha value is -2.69. The number of piperidine rings is 1. The van der Waals surface area contributed by atoms with Crippen LogP contribution < -0.4 is 4.90 Å². The first-order valence-corrected chi connectivity index (χ1v) is 9.80. The molecule has 0 N–H and O–H groups in total. The number of rotatable bonds is 4. The Kier molecular flexibility index (Phi) is 5.19. The lowest BCUT2D eigenvalue weighted by Crippen LogP contribution is -2.35. The molecule has 0 spiro atoms. The Bertz CT molecular complexity index is 798. The van der Waals surface area contributed by atoms with E-state index in [-0.39, 0.29) is 17.7 Å². The SMILES string of the molecule is O=C(c1ccc(C[C@@H]2CC(=O)N(c3ccccc3)C2)nc1)N1CCCCC1. The Labute approximate surface area is 160 Å². The van der Waals surface area contributed by atoms with Crippen molar-refractivity contribution in [1.29, 1.82) is 0 Å². The monoisotopic (exact) mass is 363 g/mol. The fraction of sp³-hybridized carbons (Fsp3) is 0.409. The number of carbonyl (C=O) groups excluding carboxylic acids is 2. The predicted octanol–water partition coefficient (Wildman–Crippen LogP) is 3.30. The van der Waals surface area contributed by atoms with Crippen molar-refractivity contribution in [2.24, 2.45) is 5.92 Å². The van der Waals surface area contributed by atoms with E-state index in [1.165, 1.54) is 6.42 Å². The van der Waals surface area contributed by atoms with E-state index < -0.39 is 0 Å². The molecule has 0 radical (unpaired) electrons. The topological polar surface area (TPSA) is 53.5 Å². The summed E-state index contributed by atoms with van der Waals surface area (Å²) in [6.45, 7) is 2.42. The summed E-state index contributed by atoms with van der Waals surface area (Å²) >= 11 is 0. The third-order valence-electron chi connectivity index (χ3n) is 5.49. The van der Waals surface area contributed by atoms with Crippen LogP contribution in [0.3, 0.4) is 0 Å². The number of hydrogen-bond acceptors (Lipinski definition) is 3. The smallest absolute Gasteiger partial charge is 0.255 e. The van der Waals surface area contributed by atoms with Crippen molar-refractivity contribution in [3.63, 3.8) is 0 Å². The minimum Gasteiger partial charge on any atom is -0.339 e. The van der Waals surface area contributed by atoms with Crippen LogP contribution in [0.2, 0.25) is 0 Å². The molecule has 1 aromatic carbocycles. The average Bonchev–Trinajstić information content (AvgIpc) is 3.09. The van der Waals surface area contributed by atoms with Crippen LogP contribution in [-0.4, -0.2) is 41.3 Å². The van der Waals surface area contributed by atoms with Crippen LogP contribution in [0.25, 0.3) is 0 Å². The van der Waals surface area contributed by atoms with Gasteiger partial charge in [0.05, 0.1) is 5.56 Å². The van der Waals surface area contributed by atoms with Crippen molar-refractivity contribution in [3.8, 4) is 0 Å². The molecule has 2 fully saturated rings. The highest BCUT2D eigenvalue weighted by Crippen LogP contribution is 2.26.